The average Bonchev–Trinajstić information content (AvgIpc) is 2.62. The van der Waals surface area contributed by atoms with Crippen molar-refractivity contribution in [3.63, 3.8) is 0 Å². The Balaban J connectivity index is 1.99. The van der Waals surface area contributed by atoms with Crippen LogP contribution in [-0.4, -0.2) is 28.0 Å². The number of nitro groups is 1. The number of hydrogen-bond donors (Lipinski definition) is 1. The maximum atomic E-state index is 11.8. The smallest absolute Gasteiger partial charge is 0.350 e. The summed E-state index contributed by atoms with van der Waals surface area (Å²) in [6, 6.07) is 7.77. The van der Waals surface area contributed by atoms with Gasteiger partial charge in [-0.15, -0.1) is 0 Å². The lowest BCUT2D eigenvalue weighted by Gasteiger charge is -2.31. The number of nitrogens with zero attached hydrogens (tertiary/aromatic N) is 4. The predicted molar refractivity (Wildman–Crippen MR) is 98.4 cm³/mol. The topological polar surface area (TPSA) is 84.2 Å². The molecule has 1 aromatic carbocycles. The van der Waals surface area contributed by atoms with Crippen LogP contribution in [-0.2, 0) is 6.42 Å². The Labute approximate surface area is 147 Å². The fourth-order valence-electron chi connectivity index (χ4n) is 3.32. The monoisotopic (exact) mass is 341 g/mol. The van der Waals surface area contributed by atoms with Crippen molar-refractivity contribution in [2.45, 2.75) is 33.1 Å². The summed E-state index contributed by atoms with van der Waals surface area (Å²) in [6.45, 7) is 5.78. The quantitative estimate of drug-likeness (QED) is 0.655. The van der Waals surface area contributed by atoms with Crippen LogP contribution in [0.4, 0.5) is 23.0 Å². The normalized spacial score (nSPS) is 17.4. The van der Waals surface area contributed by atoms with E-state index in [0.717, 1.165) is 43.6 Å². The molecule has 0 radical (unpaired) electrons. The van der Waals surface area contributed by atoms with Gasteiger partial charge >= 0.3 is 5.69 Å². The number of rotatable bonds is 5. The Morgan fingerprint density at radius 1 is 1.36 bits per heavy atom. The van der Waals surface area contributed by atoms with Gasteiger partial charge in [0, 0.05) is 18.8 Å². The summed E-state index contributed by atoms with van der Waals surface area (Å²) < 4.78 is 0. The van der Waals surface area contributed by atoms with E-state index in [2.05, 4.69) is 29.1 Å². The number of anilines is 3. The maximum absolute atomic E-state index is 11.8. The maximum Gasteiger partial charge on any atom is 0.353 e. The number of aryl methyl sites for hydroxylation is 1. The fraction of sp³-hybridized carbons (Fsp3) is 0.444. The number of aromatic nitrogens is 2. The second-order valence-corrected chi connectivity index (χ2v) is 6.48. The molecule has 1 unspecified atom stereocenters. The molecule has 0 aliphatic carbocycles. The molecule has 0 saturated carbocycles. The highest BCUT2D eigenvalue weighted by Gasteiger charge is 2.29. The third-order valence-electron chi connectivity index (χ3n) is 4.59. The van der Waals surface area contributed by atoms with Gasteiger partial charge in [0.2, 0.25) is 11.6 Å². The van der Waals surface area contributed by atoms with E-state index in [0.29, 0.717) is 11.7 Å². The van der Waals surface area contributed by atoms with Crippen molar-refractivity contribution in [2.24, 2.45) is 5.92 Å². The van der Waals surface area contributed by atoms with Crippen molar-refractivity contribution in [2.75, 3.05) is 23.3 Å². The Morgan fingerprint density at radius 3 is 2.88 bits per heavy atom. The van der Waals surface area contributed by atoms with E-state index in [1.165, 1.54) is 6.33 Å². The summed E-state index contributed by atoms with van der Waals surface area (Å²) in [5.74, 6) is 1.15. The van der Waals surface area contributed by atoms with Gasteiger partial charge in [0.05, 0.1) is 4.92 Å². The highest BCUT2D eigenvalue weighted by Crippen LogP contribution is 2.35. The molecular formula is C18H23N5O2. The Kier molecular flexibility index (Phi) is 5.11. The molecular weight excluding hydrogens is 318 g/mol. The van der Waals surface area contributed by atoms with Crippen molar-refractivity contribution in [3.05, 3.63) is 46.3 Å². The molecule has 132 valence electrons. The summed E-state index contributed by atoms with van der Waals surface area (Å²) in [7, 11) is 0. The standard InChI is InChI=1S/C18H23N5O2/c1-3-14-8-4-5-9-15(14)21-17-16(23(24)25)18(20-12-19-17)22-10-6-7-13(2)11-22/h4-5,8-9,12-13H,3,6-7,10-11H2,1-2H3,(H,19,20,21). The predicted octanol–water partition coefficient (Wildman–Crippen LogP) is 3.93. The second-order valence-electron chi connectivity index (χ2n) is 6.48. The zero-order valence-electron chi connectivity index (χ0n) is 14.6. The van der Waals surface area contributed by atoms with Crippen molar-refractivity contribution < 1.29 is 4.92 Å². The highest BCUT2D eigenvalue weighted by atomic mass is 16.6. The van der Waals surface area contributed by atoms with Crippen LogP contribution >= 0.6 is 0 Å². The molecule has 1 saturated heterocycles. The highest BCUT2D eigenvalue weighted by molar-refractivity contribution is 5.75. The summed E-state index contributed by atoms with van der Waals surface area (Å²) in [6.07, 6.45) is 4.39. The van der Waals surface area contributed by atoms with Gasteiger partial charge in [0.15, 0.2) is 0 Å². The zero-order valence-corrected chi connectivity index (χ0v) is 14.6. The van der Waals surface area contributed by atoms with Crippen LogP contribution in [0.1, 0.15) is 32.3 Å². The molecule has 7 heteroatoms. The number of piperidine rings is 1. The Hall–Kier alpha value is -2.70. The van der Waals surface area contributed by atoms with Crippen LogP contribution in [0.15, 0.2) is 30.6 Å². The molecule has 1 fully saturated rings. The van der Waals surface area contributed by atoms with E-state index in [1.54, 1.807) is 0 Å². The number of para-hydroxylation sites is 1. The van der Waals surface area contributed by atoms with Crippen LogP contribution in [0.25, 0.3) is 0 Å². The summed E-state index contributed by atoms with van der Waals surface area (Å²) in [5, 5.41) is 14.9. The molecule has 0 spiro atoms. The summed E-state index contributed by atoms with van der Waals surface area (Å²) in [5.41, 5.74) is 1.87. The molecule has 1 N–H and O–H groups in total. The van der Waals surface area contributed by atoms with Gasteiger partial charge in [-0.3, -0.25) is 10.1 Å². The first-order valence-corrected chi connectivity index (χ1v) is 8.69. The van der Waals surface area contributed by atoms with E-state index >= 15 is 0 Å². The third-order valence-corrected chi connectivity index (χ3v) is 4.59. The SMILES string of the molecule is CCc1ccccc1Nc1ncnc(N2CCCC(C)C2)c1[N+](=O)[O-]. The molecule has 3 rings (SSSR count). The van der Waals surface area contributed by atoms with Crippen molar-refractivity contribution in [3.8, 4) is 0 Å². The molecule has 0 bridgehead atoms. The van der Waals surface area contributed by atoms with Crippen LogP contribution in [0.5, 0.6) is 0 Å². The van der Waals surface area contributed by atoms with Gasteiger partial charge < -0.3 is 10.2 Å². The average molecular weight is 341 g/mol. The molecule has 1 atom stereocenters. The molecule has 1 aliphatic heterocycles. The number of benzene rings is 1. The van der Waals surface area contributed by atoms with E-state index in [1.807, 2.05) is 29.2 Å². The van der Waals surface area contributed by atoms with Crippen molar-refractivity contribution >= 4 is 23.0 Å². The molecule has 1 aromatic heterocycles. The van der Waals surface area contributed by atoms with Gasteiger partial charge in [-0.25, -0.2) is 9.97 Å². The van der Waals surface area contributed by atoms with E-state index < -0.39 is 0 Å². The first-order chi connectivity index (χ1) is 12.1. The lowest BCUT2D eigenvalue weighted by molar-refractivity contribution is -0.383. The largest absolute Gasteiger partial charge is 0.353 e. The van der Waals surface area contributed by atoms with E-state index in [4.69, 9.17) is 0 Å². The minimum atomic E-state index is -0.383. The number of hydrogen-bond acceptors (Lipinski definition) is 6. The molecule has 25 heavy (non-hydrogen) atoms. The van der Waals surface area contributed by atoms with Gasteiger partial charge in [-0.2, -0.15) is 0 Å². The van der Waals surface area contributed by atoms with Crippen LogP contribution < -0.4 is 10.2 Å². The van der Waals surface area contributed by atoms with Gasteiger partial charge in [0.1, 0.15) is 6.33 Å². The molecule has 0 amide bonds. The fourth-order valence-corrected chi connectivity index (χ4v) is 3.32. The first kappa shape index (κ1) is 17.1. The van der Waals surface area contributed by atoms with Crippen LogP contribution in [0.3, 0.4) is 0 Å². The van der Waals surface area contributed by atoms with Gasteiger partial charge in [-0.05, 0) is 36.8 Å². The summed E-state index contributed by atoms with van der Waals surface area (Å²) >= 11 is 0. The Bertz CT molecular complexity index is 765. The van der Waals surface area contributed by atoms with Crippen molar-refractivity contribution in [1.82, 2.24) is 9.97 Å². The number of nitrogens with one attached hydrogen (secondary N) is 1. The van der Waals surface area contributed by atoms with Crippen LogP contribution in [0.2, 0.25) is 0 Å². The lowest BCUT2D eigenvalue weighted by atomic mass is 10.0. The van der Waals surface area contributed by atoms with Gasteiger partial charge in [-0.1, -0.05) is 32.0 Å². The molecule has 1 aliphatic rings. The van der Waals surface area contributed by atoms with Crippen LogP contribution in [0, 0.1) is 16.0 Å². The molecule has 7 nitrogen and oxygen atoms in total. The zero-order chi connectivity index (χ0) is 17.8. The first-order valence-electron chi connectivity index (χ1n) is 8.69. The summed E-state index contributed by atoms with van der Waals surface area (Å²) in [4.78, 5) is 21.8. The minimum absolute atomic E-state index is 0.0532. The molecule has 2 aromatic rings. The minimum Gasteiger partial charge on any atom is -0.350 e. The second kappa shape index (κ2) is 7.46. The molecule has 2 heterocycles. The Morgan fingerprint density at radius 2 is 2.16 bits per heavy atom. The van der Waals surface area contributed by atoms with Crippen molar-refractivity contribution in [1.29, 1.82) is 0 Å². The van der Waals surface area contributed by atoms with E-state index in [-0.39, 0.29) is 16.4 Å². The lowest BCUT2D eigenvalue weighted by Crippen LogP contribution is -2.35. The van der Waals surface area contributed by atoms with E-state index in [9.17, 15) is 10.1 Å². The third kappa shape index (κ3) is 3.70. The van der Waals surface area contributed by atoms with Gasteiger partial charge in [0.25, 0.3) is 0 Å².